The van der Waals surface area contributed by atoms with Crippen molar-refractivity contribution in [1.29, 1.82) is 0 Å². The molecule has 0 unspecified atom stereocenters. The van der Waals surface area contributed by atoms with Crippen LogP contribution in [0, 0.1) is 13.8 Å². The zero-order valence-corrected chi connectivity index (χ0v) is 69.9. The molecule has 0 aromatic carbocycles. The average Bonchev–Trinajstić information content (AvgIpc) is 4.24. The number of hydrogen-bond acceptors (Lipinski definition) is 18. The molecule has 0 spiro atoms. The number of alkyl halides is 2. The molecule has 6 rings (SSSR count). The molecule has 1 aliphatic rings. The van der Waals surface area contributed by atoms with E-state index in [1.807, 2.05) is 69.5 Å². The largest absolute Gasteiger partial charge is 0.344 e. The first-order valence-corrected chi connectivity index (χ1v) is 29.1. The Morgan fingerprint density at radius 3 is 0.724 bits per heavy atom. The number of aliphatic imine (C=N–C) groups is 1. The maximum absolute atomic E-state index is 9.50. The minimum atomic E-state index is 0. The molecule has 0 atom stereocenters. The molecule has 27 N–H and O–H groups in total. The first-order chi connectivity index (χ1) is 32.3. The lowest BCUT2D eigenvalue weighted by Gasteiger charge is -1.87. The molecule has 0 saturated heterocycles. The van der Waals surface area contributed by atoms with Gasteiger partial charge >= 0.3 is 0 Å². The smallest absolute Gasteiger partial charge is 0.113 e. The van der Waals surface area contributed by atoms with Crippen LogP contribution in [0.1, 0.15) is 181 Å². The van der Waals surface area contributed by atoms with E-state index in [4.69, 9.17) is 0 Å². The monoisotopic (exact) mass is 1580 g/mol. The minimum Gasteiger partial charge on any atom is -0.344 e. The Balaban J connectivity index is -0.0000000179. The van der Waals surface area contributed by atoms with Gasteiger partial charge in [-0.05, 0) is 105 Å². The summed E-state index contributed by atoms with van der Waals surface area (Å²) in [5.41, 5.74) is 0. The van der Waals surface area contributed by atoms with E-state index in [2.05, 4.69) is 150 Å². The fourth-order valence-corrected chi connectivity index (χ4v) is 7.68. The summed E-state index contributed by atoms with van der Waals surface area (Å²) in [5, 5.41) is 12.4. The zero-order valence-electron chi connectivity index (χ0n) is 55.0. The third-order valence-corrected chi connectivity index (χ3v) is 12.1. The third-order valence-electron chi connectivity index (χ3n) is 7.71. The second kappa shape index (κ2) is 185. The van der Waals surface area contributed by atoms with Crippen LogP contribution in [0.15, 0.2) is 119 Å². The highest BCUT2D eigenvalue weighted by Gasteiger charge is 1.96. The Labute approximate surface area is 640 Å². The van der Waals surface area contributed by atoms with Crippen molar-refractivity contribution in [2.24, 2.45) is 13.8 Å². The molecule has 0 amide bonds. The summed E-state index contributed by atoms with van der Waals surface area (Å²) in [7, 11) is 1.00. The molecule has 0 bridgehead atoms. The fourth-order valence-electron chi connectivity index (χ4n) is 4.33. The quantitative estimate of drug-likeness (QED) is 0.0206. The number of unbranched alkanes of at least 4 members (excludes halogenated alkanes) is 12. The van der Waals surface area contributed by atoms with Crippen LogP contribution in [0.25, 0.3) is 9.75 Å². The van der Waals surface area contributed by atoms with Crippen molar-refractivity contribution in [3.05, 3.63) is 115 Å². The van der Waals surface area contributed by atoms with E-state index >= 15 is 0 Å². The average molecular weight is 1590 g/mol. The molecule has 32 heteroatoms. The van der Waals surface area contributed by atoms with Gasteiger partial charge in [-0.2, -0.15) is 158 Å². The number of hydrogen-bond donors (Lipinski definition) is 9. The topological polar surface area (TPSA) is 352 Å². The van der Waals surface area contributed by atoms with E-state index < -0.39 is 0 Å². The molecule has 12 nitrogen and oxygen atoms in total. The van der Waals surface area contributed by atoms with Gasteiger partial charge in [0.25, 0.3) is 0 Å². The number of aryl methyl sites for hydroxylation is 2. The van der Waals surface area contributed by atoms with Gasteiger partial charge in [-0.25, -0.2) is 8.80 Å². The van der Waals surface area contributed by atoms with Crippen molar-refractivity contribution in [1.82, 2.24) is 55.4 Å². The summed E-state index contributed by atoms with van der Waals surface area (Å²) in [6.07, 6.45) is 30.3. The van der Waals surface area contributed by atoms with Gasteiger partial charge in [-0.15, -0.1) is 34.0 Å². The Morgan fingerprint density at radius 2 is 0.644 bits per heavy atom. The van der Waals surface area contributed by atoms with Gasteiger partial charge in [-0.3, -0.25) is 13.8 Å². The van der Waals surface area contributed by atoms with Gasteiger partial charge in [0.05, 0.1) is 14.4 Å². The predicted molar refractivity (Wildman–Crippen MR) is 489 cm³/mol. The van der Waals surface area contributed by atoms with E-state index in [-0.39, 0.29) is 212 Å². The molecule has 1 aliphatic heterocycles. The van der Waals surface area contributed by atoms with Crippen molar-refractivity contribution < 1.29 is 8.78 Å². The SMILES string of the molecule is C1=CN=CCC1.C=NSN=C.CCCCCC.CCCCCC.CCCCCC.CCCCCC.CF.CF.Cc1ccc(C)s1.N.N.N.N.N.N.N.N.N.S.S.S.S.S.S.S.S.S.S.[SiH4].[SiH4].c1ccsc1.c1ccsc1.c1csc(-c2cccs2)c1. The molecule has 87 heavy (non-hydrogen) atoms. The summed E-state index contributed by atoms with van der Waals surface area (Å²) in [6.45, 7) is 28.4. The zero-order chi connectivity index (χ0) is 50.8. The Kier molecular flexibility index (Phi) is 380. The van der Waals surface area contributed by atoms with E-state index in [1.165, 1.54) is 129 Å². The maximum Gasteiger partial charge on any atom is 0.113 e. The van der Waals surface area contributed by atoms with Gasteiger partial charge < -0.3 is 55.4 Å². The van der Waals surface area contributed by atoms with Crippen molar-refractivity contribution >= 4 is 245 Å². The number of halogens is 2. The Bertz CT molecular complexity index is 1370. The molecule has 0 fully saturated rings. The highest BCUT2D eigenvalue weighted by molar-refractivity contribution is 7.96. The maximum atomic E-state index is 9.50. The van der Waals surface area contributed by atoms with Crippen molar-refractivity contribution in [2.45, 2.75) is 185 Å². The van der Waals surface area contributed by atoms with Gasteiger partial charge in [0, 0.05) is 45.4 Å². The molecule has 0 aliphatic carbocycles. The molecular formula is C55H150F2N12S16Si2. The molecular weight excluding hydrogens is 1440 g/mol. The molecule has 548 valence electrons. The normalized spacial score (nSPS) is 7.10. The first kappa shape index (κ1) is 179. The molecule has 0 radical (unpaired) electrons. The van der Waals surface area contributed by atoms with Gasteiger partial charge in [-0.1, -0.05) is 201 Å². The van der Waals surface area contributed by atoms with Gasteiger partial charge in [0.15, 0.2) is 0 Å². The molecule has 0 saturated carbocycles. The van der Waals surface area contributed by atoms with Crippen molar-refractivity contribution in [3.8, 4) is 9.75 Å². The lowest BCUT2D eigenvalue weighted by molar-refractivity contribution is 0.635. The lowest BCUT2D eigenvalue weighted by Crippen LogP contribution is -1.75. The third kappa shape index (κ3) is 187. The first-order valence-electron chi connectivity index (χ1n) is 23.9. The summed E-state index contributed by atoms with van der Waals surface area (Å²) in [4.78, 5) is 9.41. The summed E-state index contributed by atoms with van der Waals surface area (Å²) < 4.78 is 25.6. The van der Waals surface area contributed by atoms with E-state index in [9.17, 15) is 8.78 Å². The van der Waals surface area contributed by atoms with E-state index in [0.717, 1.165) is 18.6 Å². The van der Waals surface area contributed by atoms with Crippen LogP contribution in [0.5, 0.6) is 0 Å². The molecule has 5 aromatic rings. The lowest BCUT2D eigenvalue weighted by atomic mass is 10.2. The summed E-state index contributed by atoms with van der Waals surface area (Å²) in [5.74, 6) is 0. The summed E-state index contributed by atoms with van der Waals surface area (Å²) >= 11 is 9.84. The summed E-state index contributed by atoms with van der Waals surface area (Å²) in [6, 6.07) is 20.8. The van der Waals surface area contributed by atoms with Crippen LogP contribution in [0.3, 0.4) is 0 Å². The predicted octanol–water partition coefficient (Wildman–Crippen LogP) is 22.9. The standard InChI is InChI=1S/C8H6S2.C6H8S.4C6H14.C5H7N.2C4H4S.C2H4N2S.2CH3F.9H3N.10H2S.2H4Si/c1-3-7(9-5-1)8-4-2-6-10-8;1-5-3-4-6(2)7-5;4*1-3-5-6-4-2;1-2-4-6-5-3-1;2*1-2-4-5-3-1;1-3-5-4-2;2*1-2;;;;;;;;;;;;;;;;;;;;;/h1-6H;3-4H,1-2H3;4*3-6H2,1-2H3;2,4-5H,1,3H2;2*1-4H;1-2H2;2*1H3;9*1H3;10*1H2;2*1H4. The van der Waals surface area contributed by atoms with Crippen LogP contribution in [-0.4, -0.2) is 55.9 Å². The van der Waals surface area contributed by atoms with Crippen LogP contribution in [0.2, 0.25) is 0 Å². The second-order valence-electron chi connectivity index (χ2n) is 13.7. The van der Waals surface area contributed by atoms with Crippen LogP contribution in [0.4, 0.5) is 8.78 Å². The van der Waals surface area contributed by atoms with E-state index in [1.54, 1.807) is 45.3 Å². The Hall–Kier alpha value is 1.03. The van der Waals surface area contributed by atoms with Crippen LogP contribution >= 0.6 is 204 Å². The minimum absolute atomic E-state index is 0. The van der Waals surface area contributed by atoms with Crippen molar-refractivity contribution in [3.63, 3.8) is 0 Å². The molecule has 6 heterocycles. The highest BCUT2D eigenvalue weighted by atomic mass is 32.2. The highest BCUT2D eigenvalue weighted by Crippen LogP contribution is 2.28. The van der Waals surface area contributed by atoms with Crippen LogP contribution in [-0.2, 0) is 0 Å². The number of allylic oxidation sites excluding steroid dienone is 1. The van der Waals surface area contributed by atoms with Gasteiger partial charge in [0.1, 0.15) is 12.1 Å². The second-order valence-corrected chi connectivity index (χ2v) is 19.4. The van der Waals surface area contributed by atoms with Crippen LogP contribution < -0.4 is 55.4 Å². The number of rotatable bonds is 15. The fraction of sp³-hybridized carbons (Fsp3) is 0.545. The number of nitrogens with zero attached hydrogens (tertiary/aromatic N) is 3. The van der Waals surface area contributed by atoms with Gasteiger partial charge in [0.2, 0.25) is 0 Å². The molecule has 5 aromatic heterocycles. The van der Waals surface area contributed by atoms with E-state index in [0.29, 0.717) is 14.4 Å². The number of thiophene rings is 5. The van der Waals surface area contributed by atoms with Crippen molar-refractivity contribution in [2.75, 3.05) is 14.4 Å². The Morgan fingerprint density at radius 1 is 0.402 bits per heavy atom.